The third kappa shape index (κ3) is 4.66. The molecule has 8 heteroatoms. The summed E-state index contributed by atoms with van der Waals surface area (Å²) >= 11 is 0. The maximum absolute atomic E-state index is 13.7. The number of nitrogens with zero attached hydrogens (tertiary/aromatic N) is 3. The van der Waals surface area contributed by atoms with Gasteiger partial charge in [-0.15, -0.1) is 0 Å². The van der Waals surface area contributed by atoms with Gasteiger partial charge in [0.1, 0.15) is 5.54 Å². The molecule has 5 rings (SSSR count). The SMILES string of the molecule is O=C1N(CC[C@H](O)C(F)(F)F)CN(c2ccccc2)C12CCN(C1CCc3ccccc3C1)CC2. The van der Waals surface area contributed by atoms with Crippen molar-refractivity contribution in [3.8, 4) is 0 Å². The van der Waals surface area contributed by atoms with E-state index in [4.69, 9.17) is 0 Å². The molecule has 5 nitrogen and oxygen atoms in total. The second-order valence-corrected chi connectivity index (χ2v) is 10.1. The summed E-state index contributed by atoms with van der Waals surface area (Å²) in [4.78, 5) is 19.7. The first-order valence-corrected chi connectivity index (χ1v) is 12.5. The zero-order valence-electron chi connectivity index (χ0n) is 19.8. The zero-order chi connectivity index (χ0) is 24.6. The first-order chi connectivity index (χ1) is 16.8. The normalized spacial score (nSPS) is 23.5. The van der Waals surface area contributed by atoms with Crippen molar-refractivity contribution in [3.63, 3.8) is 0 Å². The number of amides is 1. The largest absolute Gasteiger partial charge is 0.414 e. The molecule has 1 aliphatic carbocycles. The number of aryl methyl sites for hydroxylation is 1. The number of anilines is 1. The third-order valence-electron chi connectivity index (χ3n) is 8.09. The highest BCUT2D eigenvalue weighted by Crippen LogP contribution is 2.41. The number of halogens is 3. The standard InChI is InChI=1S/C27H32F3N3O2/c28-27(29,30)24(34)12-15-32-19-33(22-8-2-1-3-9-22)26(25(32)35)13-16-31(17-14-26)23-11-10-20-6-4-5-7-21(20)18-23/h1-9,23-24,34H,10-19H2/t23?,24-/m0/s1. The molecular weight excluding hydrogens is 455 g/mol. The summed E-state index contributed by atoms with van der Waals surface area (Å²) in [6.45, 7) is 1.68. The van der Waals surface area contributed by atoms with E-state index in [0.717, 1.165) is 38.0 Å². The molecule has 2 aromatic rings. The average Bonchev–Trinajstić information content (AvgIpc) is 3.13. The van der Waals surface area contributed by atoms with Crippen molar-refractivity contribution >= 4 is 11.6 Å². The summed E-state index contributed by atoms with van der Waals surface area (Å²) < 4.78 is 38.6. The molecule has 2 atom stereocenters. The van der Waals surface area contributed by atoms with E-state index < -0.39 is 24.2 Å². The highest BCUT2D eigenvalue weighted by Gasteiger charge is 2.54. The number of hydrogen-bond acceptors (Lipinski definition) is 4. The number of carbonyl (C=O) groups is 1. The number of aliphatic hydroxyl groups is 1. The van der Waals surface area contributed by atoms with E-state index in [1.807, 2.05) is 30.3 Å². The molecule has 1 unspecified atom stereocenters. The Labute approximate surface area is 204 Å². The highest BCUT2D eigenvalue weighted by molar-refractivity contribution is 5.93. The fourth-order valence-electron chi connectivity index (χ4n) is 6.06. The number of hydrogen-bond donors (Lipinski definition) is 1. The van der Waals surface area contributed by atoms with Gasteiger partial charge in [-0.3, -0.25) is 9.69 Å². The van der Waals surface area contributed by atoms with E-state index in [1.54, 1.807) is 0 Å². The molecule has 0 aromatic heterocycles. The number of carbonyl (C=O) groups excluding carboxylic acids is 1. The second kappa shape index (κ2) is 9.47. The van der Waals surface area contributed by atoms with Gasteiger partial charge in [0.05, 0.1) is 6.67 Å². The summed E-state index contributed by atoms with van der Waals surface area (Å²) in [5, 5.41) is 9.48. The predicted octanol–water partition coefficient (Wildman–Crippen LogP) is 4.00. The van der Waals surface area contributed by atoms with Crippen molar-refractivity contribution in [3.05, 3.63) is 65.7 Å². The number of alkyl halides is 3. The lowest BCUT2D eigenvalue weighted by Crippen LogP contribution is -2.58. The smallest absolute Gasteiger partial charge is 0.384 e. The van der Waals surface area contributed by atoms with Crippen LogP contribution in [-0.2, 0) is 17.6 Å². The third-order valence-corrected chi connectivity index (χ3v) is 8.09. The summed E-state index contributed by atoms with van der Waals surface area (Å²) in [5.74, 6) is -0.121. The quantitative estimate of drug-likeness (QED) is 0.693. The van der Waals surface area contributed by atoms with Crippen LogP contribution >= 0.6 is 0 Å². The monoisotopic (exact) mass is 487 g/mol. The van der Waals surface area contributed by atoms with E-state index >= 15 is 0 Å². The number of benzene rings is 2. The number of fused-ring (bicyclic) bond motifs is 1. The molecule has 2 fully saturated rings. The predicted molar refractivity (Wildman–Crippen MR) is 128 cm³/mol. The topological polar surface area (TPSA) is 47.0 Å². The van der Waals surface area contributed by atoms with Crippen molar-refractivity contribution in [2.75, 3.05) is 31.2 Å². The van der Waals surface area contributed by atoms with E-state index in [2.05, 4.69) is 34.1 Å². The van der Waals surface area contributed by atoms with Gasteiger partial charge >= 0.3 is 6.18 Å². The molecule has 2 aromatic carbocycles. The molecule has 0 radical (unpaired) electrons. The first-order valence-electron chi connectivity index (χ1n) is 12.5. The number of rotatable bonds is 5. The van der Waals surface area contributed by atoms with Crippen LogP contribution in [0, 0.1) is 0 Å². The molecule has 3 aliphatic rings. The lowest BCUT2D eigenvalue weighted by Gasteiger charge is -2.46. The van der Waals surface area contributed by atoms with Gasteiger partial charge in [0, 0.05) is 31.4 Å². The van der Waals surface area contributed by atoms with Crippen LogP contribution in [0.3, 0.4) is 0 Å². The van der Waals surface area contributed by atoms with Crippen molar-refractivity contribution in [1.29, 1.82) is 0 Å². The molecular formula is C27H32F3N3O2. The number of aliphatic hydroxyl groups excluding tert-OH is 1. The Morgan fingerprint density at radius 3 is 2.34 bits per heavy atom. The van der Waals surface area contributed by atoms with Crippen LogP contribution in [0.25, 0.3) is 0 Å². The van der Waals surface area contributed by atoms with E-state index in [1.165, 1.54) is 16.0 Å². The van der Waals surface area contributed by atoms with Crippen molar-refractivity contribution in [2.45, 2.75) is 62.4 Å². The molecule has 0 bridgehead atoms. The van der Waals surface area contributed by atoms with Crippen molar-refractivity contribution in [1.82, 2.24) is 9.80 Å². The highest BCUT2D eigenvalue weighted by atomic mass is 19.4. The maximum atomic E-state index is 13.7. The molecule has 188 valence electrons. The van der Waals surface area contributed by atoms with Crippen LogP contribution in [0.5, 0.6) is 0 Å². The minimum atomic E-state index is -4.68. The second-order valence-electron chi connectivity index (χ2n) is 10.1. The lowest BCUT2D eigenvalue weighted by atomic mass is 9.82. The number of para-hydroxylation sites is 1. The Morgan fingerprint density at radius 2 is 1.66 bits per heavy atom. The summed E-state index contributed by atoms with van der Waals surface area (Å²) in [6.07, 6.45) is -3.16. The summed E-state index contributed by atoms with van der Waals surface area (Å²) in [5.41, 5.74) is 2.98. The maximum Gasteiger partial charge on any atom is 0.414 e. The van der Waals surface area contributed by atoms with Crippen LogP contribution in [0.2, 0.25) is 0 Å². The van der Waals surface area contributed by atoms with E-state index in [9.17, 15) is 23.1 Å². The van der Waals surface area contributed by atoms with Gasteiger partial charge in [0.15, 0.2) is 6.10 Å². The minimum Gasteiger partial charge on any atom is -0.384 e. The fraction of sp³-hybridized carbons (Fsp3) is 0.519. The average molecular weight is 488 g/mol. The Balaban J connectivity index is 1.31. The number of likely N-dealkylation sites (tertiary alicyclic amines) is 1. The zero-order valence-corrected chi connectivity index (χ0v) is 19.8. The fourth-order valence-corrected chi connectivity index (χ4v) is 6.06. The molecule has 0 saturated carbocycles. The Morgan fingerprint density at radius 1 is 1.00 bits per heavy atom. The van der Waals surface area contributed by atoms with Gasteiger partial charge in [-0.2, -0.15) is 13.2 Å². The van der Waals surface area contributed by atoms with Crippen LogP contribution in [-0.4, -0.2) is 71.0 Å². The molecule has 1 spiro atoms. The van der Waals surface area contributed by atoms with Crippen LogP contribution in [0.1, 0.15) is 36.8 Å². The van der Waals surface area contributed by atoms with Crippen molar-refractivity contribution in [2.24, 2.45) is 0 Å². The minimum absolute atomic E-state index is 0.117. The molecule has 2 saturated heterocycles. The Bertz CT molecular complexity index is 1040. The van der Waals surface area contributed by atoms with E-state index in [-0.39, 0.29) is 19.1 Å². The van der Waals surface area contributed by atoms with Gasteiger partial charge in [0.2, 0.25) is 5.91 Å². The molecule has 2 aliphatic heterocycles. The van der Waals surface area contributed by atoms with Crippen LogP contribution < -0.4 is 4.90 Å². The first kappa shape index (κ1) is 24.1. The summed E-state index contributed by atoms with van der Waals surface area (Å²) in [6, 6.07) is 18.7. The van der Waals surface area contributed by atoms with Gasteiger partial charge in [-0.1, -0.05) is 42.5 Å². The van der Waals surface area contributed by atoms with Gasteiger partial charge in [-0.05, 0) is 61.8 Å². The molecule has 35 heavy (non-hydrogen) atoms. The van der Waals surface area contributed by atoms with Crippen LogP contribution in [0.15, 0.2) is 54.6 Å². The van der Waals surface area contributed by atoms with Gasteiger partial charge < -0.3 is 14.9 Å². The molecule has 1 N–H and O–H groups in total. The van der Waals surface area contributed by atoms with Gasteiger partial charge in [-0.25, -0.2) is 0 Å². The Kier molecular flexibility index (Phi) is 6.53. The van der Waals surface area contributed by atoms with E-state index in [0.29, 0.717) is 18.9 Å². The molecule has 2 heterocycles. The van der Waals surface area contributed by atoms with Crippen molar-refractivity contribution < 1.29 is 23.1 Å². The lowest BCUT2D eigenvalue weighted by molar-refractivity contribution is -0.206. The molecule has 1 amide bonds. The number of piperidine rings is 1. The van der Waals surface area contributed by atoms with Gasteiger partial charge in [0.25, 0.3) is 0 Å². The Hall–Kier alpha value is -2.58. The summed E-state index contributed by atoms with van der Waals surface area (Å²) in [7, 11) is 0. The van der Waals surface area contributed by atoms with Crippen LogP contribution in [0.4, 0.5) is 18.9 Å².